The van der Waals surface area contributed by atoms with Crippen LogP contribution in [-0.4, -0.2) is 21.8 Å². The predicted molar refractivity (Wildman–Crippen MR) is 85.1 cm³/mol. The average Bonchev–Trinajstić information content (AvgIpc) is 2.72. The predicted octanol–water partition coefficient (Wildman–Crippen LogP) is 3.64. The highest BCUT2D eigenvalue weighted by atomic mass is 32.1. The van der Waals surface area contributed by atoms with E-state index >= 15 is 0 Å². The van der Waals surface area contributed by atoms with Crippen molar-refractivity contribution in [1.29, 1.82) is 0 Å². The summed E-state index contributed by atoms with van der Waals surface area (Å²) < 4.78 is 0. The van der Waals surface area contributed by atoms with Crippen molar-refractivity contribution < 1.29 is 4.79 Å². The van der Waals surface area contributed by atoms with Gasteiger partial charge in [-0.05, 0) is 61.8 Å². The number of carbonyl (C=O) groups excluding carboxylic acids is 1. The van der Waals surface area contributed by atoms with E-state index in [2.05, 4.69) is 0 Å². The van der Waals surface area contributed by atoms with E-state index in [0.717, 1.165) is 28.0 Å². The van der Waals surface area contributed by atoms with E-state index in [0.29, 0.717) is 17.9 Å². The highest BCUT2D eigenvalue weighted by Gasteiger charge is 2.53. The van der Waals surface area contributed by atoms with Crippen LogP contribution in [0.1, 0.15) is 48.0 Å². The van der Waals surface area contributed by atoms with Crippen LogP contribution in [0.2, 0.25) is 0 Å². The Morgan fingerprint density at radius 1 is 0.905 bits per heavy atom. The molecule has 3 heteroatoms. The van der Waals surface area contributed by atoms with Crippen LogP contribution in [0.3, 0.4) is 0 Å². The molecular weight excluding hydrogens is 278 g/mol. The third kappa shape index (κ3) is 1.58. The van der Waals surface area contributed by atoms with Crippen LogP contribution < -0.4 is 0 Å². The number of thiocarbonyl (C=S) groups is 1. The fourth-order valence-electron chi connectivity index (χ4n) is 5.80. The first kappa shape index (κ1) is 12.3. The molecule has 4 saturated carbocycles. The summed E-state index contributed by atoms with van der Waals surface area (Å²) in [7, 11) is 0. The van der Waals surface area contributed by atoms with E-state index < -0.39 is 0 Å². The van der Waals surface area contributed by atoms with Crippen LogP contribution in [0.5, 0.6) is 0 Å². The lowest BCUT2D eigenvalue weighted by Crippen LogP contribution is -2.57. The molecule has 0 N–H and O–H groups in total. The maximum Gasteiger partial charge on any atom is 0.259 e. The third-order valence-corrected chi connectivity index (χ3v) is 6.72. The normalized spacial score (nSPS) is 40.0. The van der Waals surface area contributed by atoms with Crippen LogP contribution in [0.4, 0.5) is 0 Å². The number of benzene rings is 1. The van der Waals surface area contributed by atoms with Gasteiger partial charge in [-0.1, -0.05) is 30.4 Å². The van der Waals surface area contributed by atoms with Crippen molar-refractivity contribution in [2.75, 3.05) is 0 Å². The minimum absolute atomic E-state index is 0.160. The molecule has 0 saturated heterocycles. The lowest BCUT2D eigenvalue weighted by atomic mass is 9.54. The minimum atomic E-state index is 0.160. The Morgan fingerprint density at radius 3 is 2.05 bits per heavy atom. The van der Waals surface area contributed by atoms with Crippen molar-refractivity contribution >= 4 is 23.1 Å². The smallest absolute Gasteiger partial charge is 0.259 e. The van der Waals surface area contributed by atoms with E-state index in [1.807, 2.05) is 29.2 Å². The van der Waals surface area contributed by atoms with Crippen molar-refractivity contribution in [1.82, 2.24) is 4.90 Å². The van der Waals surface area contributed by atoms with E-state index in [1.54, 1.807) is 0 Å². The summed E-state index contributed by atoms with van der Waals surface area (Å²) in [4.78, 5) is 15.7. The fraction of sp³-hybridized carbons (Fsp3) is 0.556. The molecule has 4 aliphatic carbocycles. The van der Waals surface area contributed by atoms with Gasteiger partial charge in [0.2, 0.25) is 0 Å². The van der Waals surface area contributed by atoms with Crippen LogP contribution in [0, 0.1) is 23.7 Å². The Balaban J connectivity index is 1.55. The summed E-state index contributed by atoms with van der Waals surface area (Å²) in [6.45, 7) is 0. The van der Waals surface area contributed by atoms with Crippen molar-refractivity contribution in [2.24, 2.45) is 23.7 Å². The molecular formula is C18H19NOS. The maximum absolute atomic E-state index is 12.9. The molecule has 0 aromatic heterocycles. The fourth-order valence-corrected chi connectivity index (χ4v) is 6.18. The van der Waals surface area contributed by atoms with Gasteiger partial charge in [0.15, 0.2) is 0 Å². The second-order valence-electron chi connectivity index (χ2n) is 7.45. The Hall–Kier alpha value is -1.22. The molecule has 21 heavy (non-hydrogen) atoms. The topological polar surface area (TPSA) is 20.3 Å². The van der Waals surface area contributed by atoms with Gasteiger partial charge < -0.3 is 0 Å². The number of fused-ring (bicyclic) bond motifs is 1. The molecule has 5 aliphatic rings. The van der Waals surface area contributed by atoms with Crippen LogP contribution >= 0.6 is 12.2 Å². The summed E-state index contributed by atoms with van der Waals surface area (Å²) in [6, 6.07) is 8.25. The van der Waals surface area contributed by atoms with Gasteiger partial charge in [-0.2, -0.15) is 0 Å². The first-order valence-corrected chi connectivity index (χ1v) is 8.60. The molecule has 1 aliphatic heterocycles. The van der Waals surface area contributed by atoms with Gasteiger partial charge in [-0.3, -0.25) is 9.69 Å². The maximum atomic E-state index is 12.9. The third-order valence-electron chi connectivity index (χ3n) is 6.30. The first-order chi connectivity index (χ1) is 10.2. The van der Waals surface area contributed by atoms with E-state index in [-0.39, 0.29) is 5.91 Å². The van der Waals surface area contributed by atoms with Crippen molar-refractivity contribution in [3.05, 3.63) is 35.4 Å². The van der Waals surface area contributed by atoms with Gasteiger partial charge in [0.1, 0.15) is 4.99 Å². The monoisotopic (exact) mass is 297 g/mol. The van der Waals surface area contributed by atoms with Crippen molar-refractivity contribution in [3.63, 3.8) is 0 Å². The molecule has 4 fully saturated rings. The number of nitrogens with zero attached hydrogens (tertiary/aromatic N) is 1. The lowest BCUT2D eigenvalue weighted by Gasteiger charge is -2.56. The highest BCUT2D eigenvalue weighted by Crippen LogP contribution is 2.55. The molecule has 1 heterocycles. The number of hydrogen-bond donors (Lipinski definition) is 0. The number of rotatable bonds is 1. The zero-order valence-electron chi connectivity index (χ0n) is 12.0. The van der Waals surface area contributed by atoms with Crippen LogP contribution in [-0.2, 0) is 0 Å². The zero-order chi connectivity index (χ0) is 14.1. The first-order valence-electron chi connectivity index (χ1n) is 8.19. The molecule has 0 radical (unpaired) electrons. The average molecular weight is 297 g/mol. The Morgan fingerprint density at radius 2 is 1.48 bits per heavy atom. The highest BCUT2D eigenvalue weighted by molar-refractivity contribution is 7.80. The molecule has 0 unspecified atom stereocenters. The summed E-state index contributed by atoms with van der Waals surface area (Å²) in [5.74, 6) is 3.40. The standard InChI is InChI=1S/C18H19NOS/c20-17-14-3-1-2-4-15(14)18(21)19(17)16-12-6-10-5-11(8-12)9-13(16)7-10/h1-4,10-13,16H,5-9H2. The number of amides is 1. The van der Waals surface area contributed by atoms with Gasteiger partial charge >= 0.3 is 0 Å². The van der Waals surface area contributed by atoms with Crippen LogP contribution in [0.25, 0.3) is 0 Å². The van der Waals surface area contributed by atoms with E-state index in [4.69, 9.17) is 12.2 Å². The zero-order valence-corrected chi connectivity index (χ0v) is 12.8. The minimum Gasteiger partial charge on any atom is -0.295 e. The molecule has 1 aromatic rings. The van der Waals surface area contributed by atoms with Crippen molar-refractivity contribution in [3.8, 4) is 0 Å². The second kappa shape index (κ2) is 4.16. The molecule has 6 rings (SSSR count). The largest absolute Gasteiger partial charge is 0.295 e. The van der Waals surface area contributed by atoms with Gasteiger partial charge in [0.25, 0.3) is 5.91 Å². The summed E-state index contributed by atoms with van der Waals surface area (Å²) in [5.41, 5.74) is 1.79. The Labute approximate surface area is 130 Å². The SMILES string of the molecule is O=C1c2ccccc2C(=S)N1C1C2CC3CC(C2)CC1C3. The van der Waals surface area contributed by atoms with Gasteiger partial charge in [0, 0.05) is 11.6 Å². The molecule has 108 valence electrons. The van der Waals surface area contributed by atoms with Crippen LogP contribution in [0.15, 0.2) is 24.3 Å². The molecule has 0 atom stereocenters. The van der Waals surface area contributed by atoms with E-state index in [1.165, 1.54) is 32.1 Å². The summed E-state index contributed by atoms with van der Waals surface area (Å²) >= 11 is 5.68. The van der Waals surface area contributed by atoms with Gasteiger partial charge in [-0.15, -0.1) is 0 Å². The van der Waals surface area contributed by atoms with Gasteiger partial charge in [-0.25, -0.2) is 0 Å². The molecule has 1 aromatic carbocycles. The quantitative estimate of drug-likeness (QED) is 0.738. The molecule has 0 spiro atoms. The second-order valence-corrected chi connectivity index (χ2v) is 7.83. The molecule has 1 amide bonds. The van der Waals surface area contributed by atoms with E-state index in [9.17, 15) is 4.79 Å². The lowest BCUT2D eigenvalue weighted by molar-refractivity contribution is -0.0371. The molecule has 4 bridgehead atoms. The molecule has 2 nitrogen and oxygen atoms in total. The Kier molecular flexibility index (Phi) is 2.44. The number of carbonyl (C=O) groups is 1. The number of hydrogen-bond acceptors (Lipinski definition) is 2. The summed E-state index contributed by atoms with van der Waals surface area (Å²) in [6.07, 6.45) is 6.72. The Bertz CT molecular complexity index is 589. The van der Waals surface area contributed by atoms with Gasteiger partial charge in [0.05, 0.1) is 5.56 Å². The summed E-state index contributed by atoms with van der Waals surface area (Å²) in [5, 5.41) is 0. The van der Waals surface area contributed by atoms with Crippen molar-refractivity contribution in [2.45, 2.75) is 38.1 Å².